The number of benzene rings is 1. The van der Waals surface area contributed by atoms with E-state index >= 15 is 0 Å². The summed E-state index contributed by atoms with van der Waals surface area (Å²) >= 11 is 0. The van der Waals surface area contributed by atoms with Crippen molar-refractivity contribution < 1.29 is 45.2 Å². The summed E-state index contributed by atoms with van der Waals surface area (Å²) in [6, 6.07) is 3.41. The van der Waals surface area contributed by atoms with Crippen LogP contribution in [0.4, 0.5) is 13.2 Å². The molecule has 1 aliphatic carbocycles. The van der Waals surface area contributed by atoms with Gasteiger partial charge in [0.05, 0.1) is 35.4 Å². The third-order valence-corrected chi connectivity index (χ3v) is 6.28. The molecule has 0 aromatic heterocycles. The molecular formula is C20H22B3F3O7S. The van der Waals surface area contributed by atoms with Crippen molar-refractivity contribution >= 4 is 45.6 Å². The minimum Gasteiger partial charge on any atom is -0.451 e. The molecule has 0 bridgehead atoms. The third kappa shape index (κ3) is 7.79. The summed E-state index contributed by atoms with van der Waals surface area (Å²) in [7, 11) is 12.1. The SMILES string of the molecule is [B]Cc1cc(C[B])c(OC(=O)C2CCC(C(=O)OC(CS(=O)(=O)O)C(F)(F)F)CC2)c(C[B])c1. The van der Waals surface area contributed by atoms with Crippen LogP contribution in [0.15, 0.2) is 12.1 Å². The molecule has 2 rings (SSSR count). The lowest BCUT2D eigenvalue weighted by molar-refractivity contribution is -0.218. The molecule has 1 atom stereocenters. The van der Waals surface area contributed by atoms with Crippen molar-refractivity contribution in [2.45, 2.75) is 56.9 Å². The molecule has 1 unspecified atom stereocenters. The van der Waals surface area contributed by atoms with E-state index in [2.05, 4.69) is 4.74 Å². The maximum Gasteiger partial charge on any atom is 0.426 e. The van der Waals surface area contributed by atoms with Crippen molar-refractivity contribution in [3.8, 4) is 5.75 Å². The van der Waals surface area contributed by atoms with Crippen LogP contribution in [0.3, 0.4) is 0 Å². The number of carbonyl (C=O) groups is 2. The Morgan fingerprint density at radius 2 is 1.44 bits per heavy atom. The maximum absolute atomic E-state index is 13.0. The van der Waals surface area contributed by atoms with Crippen LogP contribution in [-0.4, -0.2) is 66.5 Å². The lowest BCUT2D eigenvalue weighted by Gasteiger charge is -2.28. The van der Waals surface area contributed by atoms with Crippen molar-refractivity contribution in [1.82, 2.24) is 0 Å². The van der Waals surface area contributed by atoms with Crippen molar-refractivity contribution in [2.24, 2.45) is 11.8 Å². The molecule has 6 radical (unpaired) electrons. The summed E-state index contributed by atoms with van der Waals surface area (Å²) in [6.45, 7) is 0. The zero-order chi connectivity index (χ0) is 25.7. The van der Waals surface area contributed by atoms with Gasteiger partial charge in [-0.25, -0.2) is 0 Å². The molecule has 0 saturated heterocycles. The quantitative estimate of drug-likeness (QED) is 0.241. The fourth-order valence-electron chi connectivity index (χ4n) is 3.75. The Kier molecular flexibility index (Phi) is 9.70. The van der Waals surface area contributed by atoms with Gasteiger partial charge in [0.25, 0.3) is 10.1 Å². The van der Waals surface area contributed by atoms with Gasteiger partial charge in [0.2, 0.25) is 6.10 Å². The van der Waals surface area contributed by atoms with Crippen molar-refractivity contribution in [3.05, 3.63) is 28.8 Å². The molecule has 1 fully saturated rings. The van der Waals surface area contributed by atoms with E-state index in [1.165, 1.54) is 0 Å². The topological polar surface area (TPSA) is 107 Å². The molecule has 34 heavy (non-hydrogen) atoms. The van der Waals surface area contributed by atoms with E-state index in [1.54, 1.807) is 12.1 Å². The van der Waals surface area contributed by atoms with Gasteiger partial charge in [0.15, 0.2) is 0 Å². The monoisotopic (exact) mass is 496 g/mol. The number of esters is 2. The summed E-state index contributed by atoms with van der Waals surface area (Å²) in [5, 5.41) is 0. The van der Waals surface area contributed by atoms with E-state index in [0.717, 1.165) is 5.56 Å². The summed E-state index contributed by atoms with van der Waals surface area (Å²) in [5.41, 5.74) is 1.86. The Hall–Kier alpha value is -1.95. The van der Waals surface area contributed by atoms with Gasteiger partial charge < -0.3 is 9.47 Å². The zero-order valence-corrected chi connectivity index (χ0v) is 19.0. The number of alkyl halides is 3. The average molecular weight is 496 g/mol. The van der Waals surface area contributed by atoms with E-state index in [0.29, 0.717) is 11.1 Å². The predicted molar refractivity (Wildman–Crippen MR) is 118 cm³/mol. The van der Waals surface area contributed by atoms with E-state index < -0.39 is 51.9 Å². The summed E-state index contributed by atoms with van der Waals surface area (Å²) < 4.78 is 79.2. The molecule has 7 nitrogen and oxygen atoms in total. The molecule has 0 amide bonds. The normalized spacial score (nSPS) is 19.9. The lowest BCUT2D eigenvalue weighted by Crippen LogP contribution is -2.41. The Balaban J connectivity index is 2.02. The predicted octanol–water partition coefficient (Wildman–Crippen LogP) is 1.77. The van der Waals surface area contributed by atoms with Gasteiger partial charge in [-0.3, -0.25) is 14.1 Å². The standard InChI is InChI=1S/C20H22B3F3O7S/c21-7-11-5-14(8-22)17(15(6-11)9-23)33-19(28)13-3-1-12(2-4-13)18(27)32-16(20(24,25)26)10-34(29,30)31/h5-6,12-13,16H,1-4,7-10H2,(H,29,30,31). The highest BCUT2D eigenvalue weighted by Crippen LogP contribution is 2.34. The van der Waals surface area contributed by atoms with Gasteiger partial charge in [0.1, 0.15) is 11.5 Å². The van der Waals surface area contributed by atoms with Gasteiger partial charge in [0, 0.05) is 0 Å². The van der Waals surface area contributed by atoms with E-state index in [1.807, 2.05) is 0 Å². The van der Waals surface area contributed by atoms with Gasteiger partial charge in [-0.15, -0.1) is 0 Å². The van der Waals surface area contributed by atoms with Crippen LogP contribution in [0.2, 0.25) is 0 Å². The van der Waals surface area contributed by atoms with Crippen molar-refractivity contribution in [1.29, 1.82) is 0 Å². The molecule has 1 aliphatic rings. The van der Waals surface area contributed by atoms with Crippen LogP contribution in [0.1, 0.15) is 42.4 Å². The molecule has 0 heterocycles. The van der Waals surface area contributed by atoms with Crippen LogP contribution in [0, 0.1) is 11.8 Å². The van der Waals surface area contributed by atoms with Crippen LogP contribution in [-0.2, 0) is 43.4 Å². The van der Waals surface area contributed by atoms with E-state index in [9.17, 15) is 31.2 Å². The third-order valence-electron chi connectivity index (χ3n) is 5.56. The van der Waals surface area contributed by atoms with Crippen LogP contribution < -0.4 is 4.74 Å². The number of halogens is 3. The van der Waals surface area contributed by atoms with E-state index in [-0.39, 0.29) is 50.4 Å². The second-order valence-electron chi connectivity index (χ2n) is 8.04. The van der Waals surface area contributed by atoms with Gasteiger partial charge in [-0.2, -0.15) is 21.6 Å². The molecule has 0 aliphatic heterocycles. The van der Waals surface area contributed by atoms with Gasteiger partial charge in [-0.05, 0) is 36.8 Å². The van der Waals surface area contributed by atoms with Crippen LogP contribution in [0.5, 0.6) is 5.75 Å². The van der Waals surface area contributed by atoms with Gasteiger partial charge >= 0.3 is 18.1 Å². The Labute approximate surface area is 200 Å². The molecule has 1 aromatic rings. The fourth-order valence-corrected chi connectivity index (χ4v) is 4.39. The Morgan fingerprint density at radius 1 is 0.971 bits per heavy atom. The first kappa shape index (κ1) is 28.3. The maximum atomic E-state index is 13.0. The average Bonchev–Trinajstić information content (AvgIpc) is 2.77. The van der Waals surface area contributed by atoms with Crippen molar-refractivity contribution in [3.63, 3.8) is 0 Å². The smallest absolute Gasteiger partial charge is 0.426 e. The molecular weight excluding hydrogens is 474 g/mol. The number of ether oxygens (including phenoxy) is 2. The van der Waals surface area contributed by atoms with E-state index in [4.69, 9.17) is 32.8 Å². The highest BCUT2D eigenvalue weighted by atomic mass is 32.2. The molecule has 180 valence electrons. The van der Waals surface area contributed by atoms with Crippen LogP contribution >= 0.6 is 0 Å². The van der Waals surface area contributed by atoms with Gasteiger partial charge in [-0.1, -0.05) is 36.7 Å². The zero-order valence-electron chi connectivity index (χ0n) is 18.2. The highest BCUT2D eigenvalue weighted by molar-refractivity contribution is 7.85. The minimum atomic E-state index is -5.17. The first-order valence-corrected chi connectivity index (χ1v) is 12.1. The molecule has 1 aromatic carbocycles. The summed E-state index contributed by atoms with van der Waals surface area (Å²) in [4.78, 5) is 24.9. The molecule has 0 spiro atoms. The molecule has 14 heteroatoms. The lowest BCUT2D eigenvalue weighted by atomic mass is 9.82. The summed E-state index contributed by atoms with van der Waals surface area (Å²) in [6.07, 6.45) is -7.41. The summed E-state index contributed by atoms with van der Waals surface area (Å²) in [5.74, 6) is -4.96. The first-order valence-electron chi connectivity index (χ1n) is 10.5. The Morgan fingerprint density at radius 3 is 1.82 bits per heavy atom. The Bertz CT molecular complexity index is 969. The minimum absolute atomic E-state index is 0.0364. The second-order valence-corrected chi connectivity index (χ2v) is 9.54. The molecule has 1 N–H and O–H groups in total. The largest absolute Gasteiger partial charge is 0.451 e. The number of rotatable bonds is 9. The molecule has 1 saturated carbocycles. The number of hydrogen-bond donors (Lipinski definition) is 1. The highest BCUT2D eigenvalue weighted by Gasteiger charge is 2.46. The first-order chi connectivity index (χ1) is 15.8. The number of carbonyl (C=O) groups excluding carboxylic acids is 2. The number of hydrogen-bond acceptors (Lipinski definition) is 6. The fraction of sp³-hybridized carbons (Fsp3) is 0.600. The second kappa shape index (κ2) is 11.7. The van der Waals surface area contributed by atoms with Crippen molar-refractivity contribution in [2.75, 3.05) is 5.75 Å². The van der Waals surface area contributed by atoms with Crippen LogP contribution in [0.25, 0.3) is 0 Å².